The van der Waals surface area contributed by atoms with Crippen molar-refractivity contribution in [3.05, 3.63) is 35.1 Å². The molecule has 1 N–H and O–H groups in total. The second kappa shape index (κ2) is 4.75. The van der Waals surface area contributed by atoms with Crippen LogP contribution in [0.3, 0.4) is 0 Å². The molecule has 0 radical (unpaired) electrons. The highest BCUT2D eigenvalue weighted by Gasteiger charge is 2.26. The third kappa shape index (κ3) is 2.57. The van der Waals surface area contributed by atoms with Crippen LogP contribution < -0.4 is 0 Å². The van der Waals surface area contributed by atoms with E-state index in [4.69, 9.17) is 0 Å². The minimum absolute atomic E-state index is 0.214. The van der Waals surface area contributed by atoms with Gasteiger partial charge in [0.05, 0.1) is 5.60 Å². The maximum absolute atomic E-state index is 13.1. The van der Waals surface area contributed by atoms with Gasteiger partial charge in [-0.05, 0) is 37.0 Å². The monoisotopic (exact) mass is 210 g/mol. The molecule has 15 heavy (non-hydrogen) atoms. The van der Waals surface area contributed by atoms with Crippen LogP contribution in [0.25, 0.3) is 0 Å². The largest absolute Gasteiger partial charge is 0.385 e. The number of hydrogen-bond acceptors (Lipinski definition) is 1. The topological polar surface area (TPSA) is 20.2 Å². The van der Waals surface area contributed by atoms with E-state index >= 15 is 0 Å². The summed E-state index contributed by atoms with van der Waals surface area (Å²) in [6.45, 7) is 5.71. The molecule has 84 valence electrons. The van der Waals surface area contributed by atoms with E-state index in [1.807, 2.05) is 13.8 Å². The van der Waals surface area contributed by atoms with Crippen molar-refractivity contribution in [3.63, 3.8) is 0 Å². The zero-order chi connectivity index (χ0) is 11.5. The highest BCUT2D eigenvalue weighted by atomic mass is 19.1. The van der Waals surface area contributed by atoms with Gasteiger partial charge in [-0.15, -0.1) is 0 Å². The Bertz CT molecular complexity index is 335. The first kappa shape index (κ1) is 12.2. The predicted molar refractivity (Wildman–Crippen MR) is 60.2 cm³/mol. The van der Waals surface area contributed by atoms with Crippen LogP contribution in [-0.2, 0) is 5.60 Å². The molecule has 1 aromatic carbocycles. The third-order valence-corrected chi connectivity index (χ3v) is 2.94. The van der Waals surface area contributed by atoms with E-state index in [1.54, 1.807) is 19.1 Å². The Balaban J connectivity index is 3.07. The summed E-state index contributed by atoms with van der Waals surface area (Å²) < 4.78 is 13.1. The molecule has 0 aliphatic rings. The molecule has 0 fully saturated rings. The fourth-order valence-corrected chi connectivity index (χ4v) is 1.87. The Labute approximate surface area is 90.9 Å². The summed E-state index contributed by atoms with van der Waals surface area (Å²) >= 11 is 0. The fourth-order valence-electron chi connectivity index (χ4n) is 1.87. The summed E-state index contributed by atoms with van der Waals surface area (Å²) in [5.74, 6) is -0.214. The van der Waals surface area contributed by atoms with E-state index in [2.05, 4.69) is 0 Å². The SMILES string of the molecule is CCCC(O)(CC)c1ccc(F)c(C)c1. The lowest BCUT2D eigenvalue weighted by Crippen LogP contribution is -2.24. The number of hydrogen-bond donors (Lipinski definition) is 1. The van der Waals surface area contributed by atoms with Crippen LogP contribution in [0, 0.1) is 12.7 Å². The lowest BCUT2D eigenvalue weighted by atomic mass is 9.86. The smallest absolute Gasteiger partial charge is 0.126 e. The summed E-state index contributed by atoms with van der Waals surface area (Å²) in [5.41, 5.74) is 0.619. The molecule has 1 rings (SSSR count). The molecule has 0 bridgehead atoms. The van der Waals surface area contributed by atoms with Crippen molar-refractivity contribution < 1.29 is 9.50 Å². The average molecular weight is 210 g/mol. The molecule has 0 aliphatic heterocycles. The molecule has 1 nitrogen and oxygen atoms in total. The summed E-state index contributed by atoms with van der Waals surface area (Å²) in [6.07, 6.45) is 2.29. The second-order valence-corrected chi connectivity index (χ2v) is 4.10. The van der Waals surface area contributed by atoms with E-state index in [1.165, 1.54) is 6.07 Å². The van der Waals surface area contributed by atoms with Gasteiger partial charge in [0.25, 0.3) is 0 Å². The van der Waals surface area contributed by atoms with Crippen LogP contribution in [0.2, 0.25) is 0 Å². The molecule has 2 heteroatoms. The summed E-state index contributed by atoms with van der Waals surface area (Å²) in [5, 5.41) is 10.4. The minimum atomic E-state index is -0.798. The lowest BCUT2D eigenvalue weighted by molar-refractivity contribution is 0.0225. The van der Waals surface area contributed by atoms with Crippen LogP contribution in [-0.4, -0.2) is 5.11 Å². The fraction of sp³-hybridized carbons (Fsp3) is 0.538. The van der Waals surface area contributed by atoms with E-state index in [0.717, 1.165) is 12.0 Å². The molecule has 0 spiro atoms. The minimum Gasteiger partial charge on any atom is -0.385 e. The van der Waals surface area contributed by atoms with Gasteiger partial charge in [-0.25, -0.2) is 4.39 Å². The highest BCUT2D eigenvalue weighted by Crippen LogP contribution is 2.30. The van der Waals surface area contributed by atoms with Crippen LogP contribution in [0.4, 0.5) is 4.39 Å². The van der Waals surface area contributed by atoms with Crippen LogP contribution in [0.1, 0.15) is 44.2 Å². The van der Waals surface area contributed by atoms with Crippen molar-refractivity contribution in [2.75, 3.05) is 0 Å². The number of aliphatic hydroxyl groups is 1. The second-order valence-electron chi connectivity index (χ2n) is 4.10. The van der Waals surface area contributed by atoms with Gasteiger partial charge in [0.1, 0.15) is 5.82 Å². The molecule has 0 saturated carbocycles. The predicted octanol–water partition coefficient (Wildman–Crippen LogP) is 3.53. The maximum atomic E-state index is 13.1. The van der Waals surface area contributed by atoms with E-state index < -0.39 is 5.60 Å². The van der Waals surface area contributed by atoms with Gasteiger partial charge in [-0.2, -0.15) is 0 Å². The molecule has 0 aliphatic carbocycles. The first-order valence-corrected chi connectivity index (χ1v) is 5.52. The average Bonchev–Trinajstić information content (AvgIpc) is 2.22. The van der Waals surface area contributed by atoms with E-state index in [0.29, 0.717) is 18.4 Å². The molecule has 0 amide bonds. The van der Waals surface area contributed by atoms with Gasteiger partial charge in [-0.1, -0.05) is 32.4 Å². The van der Waals surface area contributed by atoms with Gasteiger partial charge < -0.3 is 5.11 Å². The Hall–Kier alpha value is -0.890. The first-order chi connectivity index (χ1) is 7.03. The maximum Gasteiger partial charge on any atom is 0.126 e. The Morgan fingerprint density at radius 2 is 2.00 bits per heavy atom. The number of halogens is 1. The van der Waals surface area contributed by atoms with Gasteiger partial charge >= 0.3 is 0 Å². The van der Waals surface area contributed by atoms with Crippen LogP contribution in [0.15, 0.2) is 18.2 Å². The highest BCUT2D eigenvalue weighted by molar-refractivity contribution is 5.28. The normalized spacial score (nSPS) is 15.0. The van der Waals surface area contributed by atoms with Crippen molar-refractivity contribution in [2.45, 2.75) is 45.6 Å². The number of aryl methyl sites for hydroxylation is 1. The van der Waals surface area contributed by atoms with Gasteiger partial charge in [0.15, 0.2) is 0 Å². The Kier molecular flexibility index (Phi) is 3.86. The molecule has 1 aromatic rings. The van der Waals surface area contributed by atoms with Crippen LogP contribution in [0.5, 0.6) is 0 Å². The Morgan fingerprint density at radius 1 is 1.33 bits per heavy atom. The van der Waals surface area contributed by atoms with E-state index in [9.17, 15) is 9.50 Å². The Morgan fingerprint density at radius 3 is 2.47 bits per heavy atom. The standard InChI is InChI=1S/C13H19FO/c1-4-8-13(15,5-2)11-6-7-12(14)10(3)9-11/h6-7,9,15H,4-5,8H2,1-3H3. The number of rotatable bonds is 4. The molecule has 1 unspecified atom stereocenters. The van der Waals surface area contributed by atoms with Gasteiger partial charge in [0.2, 0.25) is 0 Å². The van der Waals surface area contributed by atoms with Crippen LogP contribution >= 0.6 is 0 Å². The quantitative estimate of drug-likeness (QED) is 0.806. The molecular weight excluding hydrogens is 191 g/mol. The number of benzene rings is 1. The summed E-state index contributed by atoms with van der Waals surface area (Å²) in [7, 11) is 0. The van der Waals surface area contributed by atoms with Gasteiger partial charge in [0, 0.05) is 0 Å². The lowest BCUT2D eigenvalue weighted by Gasteiger charge is -2.27. The molecule has 0 heterocycles. The molecule has 0 saturated heterocycles. The van der Waals surface area contributed by atoms with Gasteiger partial charge in [-0.3, -0.25) is 0 Å². The first-order valence-electron chi connectivity index (χ1n) is 5.52. The van der Waals surface area contributed by atoms with Crippen molar-refractivity contribution >= 4 is 0 Å². The zero-order valence-electron chi connectivity index (χ0n) is 9.68. The van der Waals surface area contributed by atoms with Crippen molar-refractivity contribution in [1.82, 2.24) is 0 Å². The van der Waals surface area contributed by atoms with Crippen molar-refractivity contribution in [1.29, 1.82) is 0 Å². The van der Waals surface area contributed by atoms with E-state index in [-0.39, 0.29) is 5.82 Å². The third-order valence-electron chi connectivity index (χ3n) is 2.94. The molecule has 0 aromatic heterocycles. The van der Waals surface area contributed by atoms with Crippen molar-refractivity contribution in [3.8, 4) is 0 Å². The molecule has 1 atom stereocenters. The zero-order valence-corrected chi connectivity index (χ0v) is 9.68. The summed E-state index contributed by atoms with van der Waals surface area (Å²) in [6, 6.07) is 4.86. The van der Waals surface area contributed by atoms with Crippen molar-refractivity contribution in [2.24, 2.45) is 0 Å². The molecular formula is C13H19FO. The summed E-state index contributed by atoms with van der Waals surface area (Å²) in [4.78, 5) is 0.